The summed E-state index contributed by atoms with van der Waals surface area (Å²) in [7, 11) is 0. The van der Waals surface area contributed by atoms with E-state index in [0.29, 0.717) is 11.1 Å². The fourth-order valence-electron chi connectivity index (χ4n) is 1.84. The van der Waals surface area contributed by atoms with Gasteiger partial charge < -0.3 is 0 Å². The van der Waals surface area contributed by atoms with E-state index in [9.17, 15) is 0 Å². The quantitative estimate of drug-likeness (QED) is 0.604. The van der Waals surface area contributed by atoms with Crippen molar-refractivity contribution in [3.63, 3.8) is 0 Å². The van der Waals surface area contributed by atoms with Gasteiger partial charge in [0.1, 0.15) is 12.1 Å². The third kappa shape index (κ3) is 5.37. The smallest absolute Gasteiger partial charge is 0.101 e. The highest BCUT2D eigenvalue weighted by atomic mass is 14.3. The van der Waals surface area contributed by atoms with Crippen LogP contribution in [0.4, 0.5) is 0 Å². The zero-order chi connectivity index (χ0) is 16.2. The van der Waals surface area contributed by atoms with Crippen molar-refractivity contribution < 1.29 is 0 Å². The van der Waals surface area contributed by atoms with Gasteiger partial charge in [0.2, 0.25) is 0 Å². The zero-order valence-corrected chi connectivity index (χ0v) is 13.3. The number of nitrogens with zero attached hydrogens (tertiary/aromatic N) is 2. The maximum Gasteiger partial charge on any atom is 0.101 e. The molecule has 0 bridgehead atoms. The van der Waals surface area contributed by atoms with Gasteiger partial charge in [-0.3, -0.25) is 0 Å². The van der Waals surface area contributed by atoms with Crippen LogP contribution in [0.5, 0.6) is 0 Å². The van der Waals surface area contributed by atoms with Gasteiger partial charge in [-0.1, -0.05) is 50.4 Å². The third-order valence-corrected chi connectivity index (χ3v) is 3.16. The molecule has 0 spiro atoms. The number of hydrogen-bond donors (Lipinski definition) is 0. The summed E-state index contributed by atoms with van der Waals surface area (Å²) in [5, 5.41) is 18.3. The second-order valence-corrected chi connectivity index (χ2v) is 4.98. The lowest BCUT2D eigenvalue weighted by molar-refractivity contribution is 0.828. The Hall–Kier alpha value is -2.68. The van der Waals surface area contributed by atoms with E-state index in [1.807, 2.05) is 0 Å². The van der Waals surface area contributed by atoms with Crippen LogP contribution in [0, 0.1) is 46.3 Å². The maximum atomic E-state index is 9.14. The fourth-order valence-corrected chi connectivity index (χ4v) is 1.84. The molecule has 0 unspecified atom stereocenters. The molecule has 0 N–H and O–H groups in total. The lowest BCUT2D eigenvalue weighted by Crippen LogP contribution is -1.91. The van der Waals surface area contributed by atoms with Crippen LogP contribution in [0.2, 0.25) is 0 Å². The Balaban J connectivity index is 3.18. The molecule has 2 heteroatoms. The number of nitriles is 2. The Morgan fingerprint density at radius 2 is 1.14 bits per heavy atom. The first-order chi connectivity index (χ1) is 10.8. The van der Waals surface area contributed by atoms with Crippen molar-refractivity contribution in [3.8, 4) is 35.8 Å². The average molecular weight is 288 g/mol. The van der Waals surface area contributed by atoms with Gasteiger partial charge in [-0.2, -0.15) is 10.5 Å². The van der Waals surface area contributed by atoms with Crippen LogP contribution in [0.1, 0.15) is 74.6 Å². The highest BCUT2D eigenvalue weighted by Crippen LogP contribution is 2.15. The normalized spacial score (nSPS) is 8.73. The topological polar surface area (TPSA) is 47.6 Å². The molecule has 2 nitrogen and oxygen atoms in total. The summed E-state index contributed by atoms with van der Waals surface area (Å²) in [4.78, 5) is 0. The molecule has 110 valence electrons. The van der Waals surface area contributed by atoms with E-state index in [4.69, 9.17) is 10.5 Å². The van der Waals surface area contributed by atoms with E-state index < -0.39 is 0 Å². The molecule has 0 aromatic heterocycles. The van der Waals surface area contributed by atoms with Crippen molar-refractivity contribution in [3.05, 3.63) is 34.4 Å². The lowest BCUT2D eigenvalue weighted by atomic mass is 9.99. The molecule has 0 saturated carbocycles. The Morgan fingerprint density at radius 3 is 1.45 bits per heavy atom. The van der Waals surface area contributed by atoms with Gasteiger partial charge in [-0.25, -0.2) is 0 Å². The molecule has 0 amide bonds. The number of unbranched alkanes of at least 4 members (excludes halogenated alkanes) is 4. The van der Waals surface area contributed by atoms with Crippen molar-refractivity contribution in [1.82, 2.24) is 0 Å². The summed E-state index contributed by atoms with van der Waals surface area (Å²) in [6.07, 6.45) is 6.00. The van der Waals surface area contributed by atoms with Crippen LogP contribution in [0.15, 0.2) is 12.1 Å². The SMILES string of the molecule is CCCCC#Cc1cc(C#N)c(C#N)cc1C#CCCCC. The van der Waals surface area contributed by atoms with E-state index in [2.05, 4.69) is 49.7 Å². The first kappa shape index (κ1) is 17.4. The highest BCUT2D eigenvalue weighted by molar-refractivity contribution is 5.59. The molecule has 0 saturated heterocycles. The Morgan fingerprint density at radius 1 is 0.727 bits per heavy atom. The van der Waals surface area contributed by atoms with Crippen LogP contribution < -0.4 is 0 Å². The third-order valence-electron chi connectivity index (χ3n) is 3.16. The molecule has 1 rings (SSSR count). The summed E-state index contributed by atoms with van der Waals surface area (Å²) in [6, 6.07) is 7.47. The van der Waals surface area contributed by atoms with E-state index in [1.165, 1.54) is 0 Å². The predicted octanol–water partition coefficient (Wildman–Crippen LogP) is 4.51. The van der Waals surface area contributed by atoms with E-state index in [-0.39, 0.29) is 0 Å². The molecular weight excluding hydrogens is 268 g/mol. The minimum Gasteiger partial charge on any atom is -0.192 e. The second-order valence-electron chi connectivity index (χ2n) is 4.98. The Kier molecular flexibility index (Phi) is 7.98. The number of rotatable bonds is 4. The van der Waals surface area contributed by atoms with Gasteiger partial charge in [-0.05, 0) is 25.0 Å². The second kappa shape index (κ2) is 10.1. The maximum absolute atomic E-state index is 9.14. The van der Waals surface area contributed by atoms with Gasteiger partial charge >= 0.3 is 0 Å². The first-order valence-corrected chi connectivity index (χ1v) is 7.72. The van der Waals surface area contributed by atoms with Gasteiger partial charge in [0, 0.05) is 24.0 Å². The van der Waals surface area contributed by atoms with Gasteiger partial charge in [0.25, 0.3) is 0 Å². The monoisotopic (exact) mass is 288 g/mol. The molecule has 0 fully saturated rings. The van der Waals surface area contributed by atoms with Crippen LogP contribution in [0.25, 0.3) is 0 Å². The van der Waals surface area contributed by atoms with Crippen molar-refractivity contribution in [2.45, 2.75) is 52.4 Å². The van der Waals surface area contributed by atoms with Crippen LogP contribution >= 0.6 is 0 Å². The number of hydrogen-bond acceptors (Lipinski definition) is 2. The minimum absolute atomic E-state index is 0.362. The summed E-state index contributed by atoms with van der Waals surface area (Å²) in [5.41, 5.74) is 2.22. The van der Waals surface area contributed by atoms with Crippen molar-refractivity contribution in [2.75, 3.05) is 0 Å². The molecular formula is C20H20N2. The van der Waals surface area contributed by atoms with Gasteiger partial charge in [-0.15, -0.1) is 0 Å². The van der Waals surface area contributed by atoms with E-state index in [0.717, 1.165) is 49.7 Å². The predicted molar refractivity (Wildman–Crippen MR) is 88.7 cm³/mol. The molecule has 0 aliphatic rings. The van der Waals surface area contributed by atoms with Crippen molar-refractivity contribution in [2.24, 2.45) is 0 Å². The summed E-state index contributed by atoms with van der Waals surface area (Å²) >= 11 is 0. The summed E-state index contributed by atoms with van der Waals surface area (Å²) in [6.45, 7) is 4.25. The molecule has 0 radical (unpaired) electrons. The molecule has 0 atom stereocenters. The van der Waals surface area contributed by atoms with Crippen molar-refractivity contribution >= 4 is 0 Å². The largest absolute Gasteiger partial charge is 0.192 e. The lowest BCUT2D eigenvalue weighted by Gasteiger charge is -2.00. The number of benzene rings is 1. The average Bonchev–Trinajstić information content (AvgIpc) is 2.55. The first-order valence-electron chi connectivity index (χ1n) is 7.72. The Bertz CT molecular complexity index is 644. The fraction of sp³-hybridized carbons (Fsp3) is 0.400. The van der Waals surface area contributed by atoms with Crippen LogP contribution in [-0.4, -0.2) is 0 Å². The molecule has 1 aromatic carbocycles. The minimum atomic E-state index is 0.362. The molecule has 1 aromatic rings. The molecule has 22 heavy (non-hydrogen) atoms. The van der Waals surface area contributed by atoms with Crippen LogP contribution in [-0.2, 0) is 0 Å². The van der Waals surface area contributed by atoms with Gasteiger partial charge in [0.05, 0.1) is 11.1 Å². The molecule has 0 aliphatic carbocycles. The Labute approximate surface area is 133 Å². The standard InChI is InChI=1S/C20H20N2/c1-3-5-7-9-11-17-13-19(15-21)20(16-22)14-18(17)12-10-8-6-4-2/h13-14H,3-8H2,1-2H3. The molecule has 0 aliphatic heterocycles. The summed E-state index contributed by atoms with van der Waals surface area (Å²) < 4.78 is 0. The molecule has 0 heterocycles. The van der Waals surface area contributed by atoms with Crippen LogP contribution in [0.3, 0.4) is 0 Å². The zero-order valence-electron chi connectivity index (χ0n) is 13.3. The van der Waals surface area contributed by atoms with E-state index in [1.54, 1.807) is 12.1 Å². The van der Waals surface area contributed by atoms with Crippen molar-refractivity contribution in [1.29, 1.82) is 10.5 Å². The van der Waals surface area contributed by atoms with Gasteiger partial charge in [0.15, 0.2) is 0 Å². The van der Waals surface area contributed by atoms with E-state index >= 15 is 0 Å². The highest BCUT2D eigenvalue weighted by Gasteiger charge is 2.07. The summed E-state index contributed by atoms with van der Waals surface area (Å²) in [5.74, 6) is 12.5.